The molecule has 0 bridgehead atoms. The van der Waals surface area contributed by atoms with E-state index in [1.807, 2.05) is 24.4 Å². The van der Waals surface area contributed by atoms with Crippen LogP contribution in [0, 0.1) is 0 Å². The van der Waals surface area contributed by atoms with Gasteiger partial charge < -0.3 is 10.1 Å². The molecule has 1 N–H and O–H groups in total. The monoisotopic (exact) mass is 462 g/mol. The molecule has 0 radical (unpaired) electrons. The average molecular weight is 463 g/mol. The molecule has 0 fully saturated rings. The van der Waals surface area contributed by atoms with E-state index in [1.165, 1.54) is 25.2 Å². The van der Waals surface area contributed by atoms with Gasteiger partial charge in [-0.2, -0.15) is 5.10 Å². The van der Waals surface area contributed by atoms with Gasteiger partial charge in [-0.1, -0.05) is 18.2 Å². The Morgan fingerprint density at radius 2 is 1.94 bits per heavy atom. The number of benzene rings is 1. The number of Topliss-reactive ketones (excluding diaryl/α,β-unsaturated/α-hetero) is 1. The topological polar surface area (TPSA) is 103 Å². The number of aryl methyl sites for hydroxylation is 1. The van der Waals surface area contributed by atoms with E-state index in [2.05, 4.69) is 15.4 Å². The predicted molar refractivity (Wildman–Crippen MR) is 126 cm³/mol. The Bertz CT molecular complexity index is 1340. The minimum atomic E-state index is -1.09. The summed E-state index contributed by atoms with van der Waals surface area (Å²) in [5.41, 5.74) is 2.24. The van der Waals surface area contributed by atoms with Gasteiger partial charge in [-0.3, -0.25) is 9.59 Å². The molecule has 3 heterocycles. The van der Waals surface area contributed by atoms with Crippen molar-refractivity contribution in [3.8, 4) is 10.6 Å². The van der Waals surface area contributed by atoms with E-state index >= 15 is 0 Å². The number of nitrogens with one attached hydrogen (secondary N) is 1. The summed E-state index contributed by atoms with van der Waals surface area (Å²) < 4.78 is 7.20. The molecule has 168 valence electrons. The number of carbonyl (C=O) groups is 3. The summed E-state index contributed by atoms with van der Waals surface area (Å²) in [5, 5.41) is 9.47. The molecule has 1 atom stereocenters. The molecule has 0 aliphatic rings. The molecular weight excluding hydrogens is 440 g/mol. The molecule has 1 aromatic carbocycles. The van der Waals surface area contributed by atoms with Gasteiger partial charge in [-0.05, 0) is 50.4 Å². The van der Waals surface area contributed by atoms with Crippen LogP contribution >= 0.6 is 11.3 Å². The minimum absolute atomic E-state index is 0.177. The van der Waals surface area contributed by atoms with Crippen LogP contribution in [0.1, 0.15) is 41.5 Å². The van der Waals surface area contributed by atoms with Crippen molar-refractivity contribution in [1.29, 1.82) is 0 Å². The zero-order valence-electron chi connectivity index (χ0n) is 18.4. The van der Waals surface area contributed by atoms with Crippen LogP contribution in [0.3, 0.4) is 0 Å². The number of carbonyl (C=O) groups excluding carboxylic acids is 3. The van der Waals surface area contributed by atoms with Crippen LogP contribution in [0.2, 0.25) is 0 Å². The van der Waals surface area contributed by atoms with Crippen molar-refractivity contribution in [1.82, 2.24) is 14.8 Å². The van der Waals surface area contributed by atoms with Crippen molar-refractivity contribution < 1.29 is 19.1 Å². The van der Waals surface area contributed by atoms with Gasteiger partial charge in [0.25, 0.3) is 5.91 Å². The summed E-state index contributed by atoms with van der Waals surface area (Å²) in [4.78, 5) is 43.2. The lowest BCUT2D eigenvalue weighted by molar-refractivity contribution is -0.123. The quantitative estimate of drug-likeness (QED) is 0.319. The number of anilines is 1. The molecule has 4 aromatic rings. The van der Waals surface area contributed by atoms with Gasteiger partial charge >= 0.3 is 5.97 Å². The second-order valence-electron chi connectivity index (χ2n) is 7.37. The van der Waals surface area contributed by atoms with Gasteiger partial charge in [0.05, 0.1) is 33.4 Å². The molecule has 0 spiro atoms. The second kappa shape index (κ2) is 9.33. The van der Waals surface area contributed by atoms with Gasteiger partial charge in [-0.25, -0.2) is 14.5 Å². The largest absolute Gasteiger partial charge is 0.449 e. The second-order valence-corrected chi connectivity index (χ2v) is 8.32. The fourth-order valence-electron chi connectivity index (χ4n) is 3.41. The Hall–Kier alpha value is -3.85. The number of aromatic nitrogens is 3. The van der Waals surface area contributed by atoms with Crippen LogP contribution in [0.25, 0.3) is 21.6 Å². The molecule has 33 heavy (non-hydrogen) atoms. The molecule has 4 rings (SSSR count). The summed E-state index contributed by atoms with van der Waals surface area (Å²) in [6.07, 6.45) is 0.487. The van der Waals surface area contributed by atoms with Crippen molar-refractivity contribution in [2.24, 2.45) is 0 Å². The fraction of sp³-hybridized carbons (Fsp3) is 0.208. The van der Waals surface area contributed by atoms with Gasteiger partial charge in [0.2, 0.25) is 0 Å². The van der Waals surface area contributed by atoms with E-state index in [4.69, 9.17) is 4.74 Å². The molecule has 0 saturated heterocycles. The lowest BCUT2D eigenvalue weighted by Crippen LogP contribution is -2.30. The highest BCUT2D eigenvalue weighted by Gasteiger charge is 2.24. The first kappa shape index (κ1) is 22.3. The third-order valence-corrected chi connectivity index (χ3v) is 6.01. The Kier molecular flexibility index (Phi) is 6.32. The van der Waals surface area contributed by atoms with Crippen LogP contribution in [-0.4, -0.2) is 38.5 Å². The Labute approximate surface area is 194 Å². The number of ketones is 1. The maximum Gasteiger partial charge on any atom is 0.339 e. The Morgan fingerprint density at radius 1 is 1.15 bits per heavy atom. The first-order chi connectivity index (χ1) is 15.9. The van der Waals surface area contributed by atoms with Crippen molar-refractivity contribution in [2.75, 3.05) is 5.32 Å². The SMILES string of the molecule is CCn1ncc2c(C(=O)OC(C)C(=O)Nc3ccccc3C(C)=O)cc(-c3cccs3)nc21. The third kappa shape index (κ3) is 4.54. The standard InChI is InChI=1S/C24H22N4O4S/c1-4-28-22-18(13-25-28)17(12-20(26-22)21-10-7-11-33-21)24(31)32-15(3)23(30)27-19-9-6-5-8-16(19)14(2)29/h5-13,15H,4H2,1-3H3,(H,27,30). The maximum absolute atomic E-state index is 13.1. The van der Waals surface area contributed by atoms with Crippen molar-refractivity contribution in [3.05, 3.63) is 65.2 Å². The Morgan fingerprint density at radius 3 is 2.64 bits per heavy atom. The maximum atomic E-state index is 13.1. The van der Waals surface area contributed by atoms with Crippen LogP contribution < -0.4 is 5.32 Å². The van der Waals surface area contributed by atoms with Crippen LogP contribution in [0.5, 0.6) is 0 Å². The smallest absolute Gasteiger partial charge is 0.339 e. The highest BCUT2D eigenvalue weighted by molar-refractivity contribution is 7.13. The molecule has 0 saturated carbocycles. The van der Waals surface area contributed by atoms with Crippen LogP contribution in [0.15, 0.2) is 54.0 Å². The van der Waals surface area contributed by atoms with E-state index in [9.17, 15) is 14.4 Å². The number of para-hydroxylation sites is 1. The average Bonchev–Trinajstić information content (AvgIpc) is 3.48. The summed E-state index contributed by atoms with van der Waals surface area (Å²) in [7, 11) is 0. The zero-order chi connectivity index (χ0) is 23.5. The number of pyridine rings is 1. The van der Waals surface area contributed by atoms with Crippen molar-refractivity contribution in [2.45, 2.75) is 33.4 Å². The molecule has 0 aliphatic heterocycles. The van der Waals surface area contributed by atoms with Gasteiger partial charge in [0.1, 0.15) is 0 Å². The third-order valence-electron chi connectivity index (χ3n) is 5.12. The molecule has 9 heteroatoms. The molecule has 1 amide bonds. The van der Waals surface area contributed by atoms with E-state index in [0.29, 0.717) is 34.5 Å². The predicted octanol–water partition coefficient (Wildman–Crippen LogP) is 4.57. The van der Waals surface area contributed by atoms with Gasteiger partial charge in [0, 0.05) is 12.1 Å². The molecule has 3 aromatic heterocycles. The summed E-state index contributed by atoms with van der Waals surface area (Å²) >= 11 is 1.51. The summed E-state index contributed by atoms with van der Waals surface area (Å²) in [6, 6.07) is 12.2. The highest BCUT2D eigenvalue weighted by Crippen LogP contribution is 2.28. The number of ether oxygens (including phenoxy) is 1. The number of amides is 1. The first-order valence-electron chi connectivity index (χ1n) is 10.4. The van der Waals surface area contributed by atoms with Gasteiger partial charge in [-0.15, -0.1) is 11.3 Å². The Balaban J connectivity index is 1.60. The summed E-state index contributed by atoms with van der Waals surface area (Å²) in [5.74, 6) is -1.37. The van der Waals surface area contributed by atoms with E-state index < -0.39 is 18.0 Å². The normalized spacial score (nSPS) is 11.8. The number of esters is 1. The van der Waals surface area contributed by atoms with Gasteiger partial charge in [0.15, 0.2) is 17.5 Å². The number of fused-ring (bicyclic) bond motifs is 1. The first-order valence-corrected chi connectivity index (χ1v) is 11.3. The number of thiophene rings is 1. The number of hydrogen-bond acceptors (Lipinski definition) is 7. The van der Waals surface area contributed by atoms with E-state index in [1.54, 1.807) is 41.2 Å². The van der Waals surface area contributed by atoms with Crippen molar-refractivity contribution in [3.63, 3.8) is 0 Å². The zero-order valence-corrected chi connectivity index (χ0v) is 19.2. The van der Waals surface area contributed by atoms with E-state index in [-0.39, 0.29) is 11.3 Å². The van der Waals surface area contributed by atoms with E-state index in [0.717, 1.165) is 4.88 Å². The molecule has 0 aliphatic carbocycles. The summed E-state index contributed by atoms with van der Waals surface area (Å²) in [6.45, 7) is 5.44. The fourth-order valence-corrected chi connectivity index (χ4v) is 4.10. The lowest BCUT2D eigenvalue weighted by atomic mass is 10.1. The molecule has 8 nitrogen and oxygen atoms in total. The molecular formula is C24H22N4O4S. The number of rotatable bonds is 7. The highest BCUT2D eigenvalue weighted by atomic mass is 32.1. The lowest BCUT2D eigenvalue weighted by Gasteiger charge is -2.15. The minimum Gasteiger partial charge on any atom is -0.449 e. The number of hydrogen-bond donors (Lipinski definition) is 1. The van der Waals surface area contributed by atoms with Crippen LogP contribution in [-0.2, 0) is 16.1 Å². The molecule has 1 unspecified atom stereocenters. The van der Waals surface area contributed by atoms with Crippen molar-refractivity contribution >= 4 is 45.7 Å². The van der Waals surface area contributed by atoms with Crippen LogP contribution in [0.4, 0.5) is 5.69 Å². The number of nitrogens with zero attached hydrogens (tertiary/aromatic N) is 3.